The number of nitriles is 1. The summed E-state index contributed by atoms with van der Waals surface area (Å²) in [6, 6.07) is 10.3. The van der Waals surface area contributed by atoms with Crippen LogP contribution in [0.1, 0.15) is 25.5 Å². The van der Waals surface area contributed by atoms with E-state index in [0.717, 1.165) is 16.6 Å². The van der Waals surface area contributed by atoms with Crippen molar-refractivity contribution in [2.75, 3.05) is 39.3 Å². The summed E-state index contributed by atoms with van der Waals surface area (Å²) in [4.78, 5) is 16.4. The third-order valence-corrected chi connectivity index (χ3v) is 4.73. The summed E-state index contributed by atoms with van der Waals surface area (Å²) in [7, 11) is 0. The number of hydrogen-bond acceptors (Lipinski definition) is 4. The van der Waals surface area contributed by atoms with Crippen LogP contribution in [0.15, 0.2) is 28.7 Å². The topological polar surface area (TPSA) is 56.6 Å². The van der Waals surface area contributed by atoms with Gasteiger partial charge in [-0.3, -0.25) is 9.69 Å². The molecule has 0 bridgehead atoms. The average Bonchev–Trinajstić information content (AvgIpc) is 2.60. The van der Waals surface area contributed by atoms with Crippen molar-refractivity contribution in [3.63, 3.8) is 0 Å². The molecule has 0 saturated carbocycles. The molecule has 2 rings (SSSR count). The zero-order valence-electron chi connectivity index (χ0n) is 14.2. The number of likely N-dealkylation sites (N-methyl/N-ethyl adjacent to an activating group) is 1. The first-order chi connectivity index (χ1) is 11.5. The Morgan fingerprint density at radius 1 is 1.50 bits per heavy atom. The molecule has 24 heavy (non-hydrogen) atoms. The number of amides is 1. The van der Waals surface area contributed by atoms with Crippen molar-refractivity contribution in [1.82, 2.24) is 9.80 Å². The number of carbonyl (C=O) groups is 1. The Balaban J connectivity index is 1.93. The Hall–Kier alpha value is -1.42. The van der Waals surface area contributed by atoms with Crippen molar-refractivity contribution in [1.29, 1.82) is 5.26 Å². The quantitative estimate of drug-likeness (QED) is 0.745. The second kappa shape index (κ2) is 9.16. The molecule has 5 nitrogen and oxygen atoms in total. The number of benzene rings is 1. The summed E-state index contributed by atoms with van der Waals surface area (Å²) in [5.41, 5.74) is 1.13. The van der Waals surface area contributed by atoms with E-state index in [0.29, 0.717) is 32.8 Å². The highest BCUT2D eigenvalue weighted by atomic mass is 79.9. The van der Waals surface area contributed by atoms with Gasteiger partial charge in [-0.25, -0.2) is 0 Å². The first kappa shape index (κ1) is 18.9. The summed E-state index contributed by atoms with van der Waals surface area (Å²) < 4.78 is 6.90. The van der Waals surface area contributed by atoms with Crippen molar-refractivity contribution in [2.24, 2.45) is 5.92 Å². The SMILES string of the molecule is CCN(CC(C)C#N)C(=O)CN1CCOC(c2ccc(Br)cc2)C1. The van der Waals surface area contributed by atoms with E-state index < -0.39 is 0 Å². The van der Waals surface area contributed by atoms with Crippen LogP contribution in [0.2, 0.25) is 0 Å². The summed E-state index contributed by atoms with van der Waals surface area (Å²) in [5.74, 6) is -0.0647. The fourth-order valence-electron chi connectivity index (χ4n) is 2.80. The number of rotatable bonds is 6. The average molecular weight is 394 g/mol. The molecule has 0 radical (unpaired) electrons. The van der Waals surface area contributed by atoms with Gasteiger partial charge in [0.15, 0.2) is 0 Å². The molecule has 6 heteroatoms. The summed E-state index contributed by atoms with van der Waals surface area (Å²) in [5, 5.41) is 8.94. The van der Waals surface area contributed by atoms with Crippen LogP contribution in [0.25, 0.3) is 0 Å². The summed E-state index contributed by atoms with van der Waals surface area (Å²) >= 11 is 3.44. The standard InChI is InChI=1S/C18H24BrN3O2/c1-3-22(11-14(2)10-20)18(23)13-21-8-9-24-17(12-21)15-4-6-16(19)7-5-15/h4-7,14,17H,3,8-9,11-13H2,1-2H3. The predicted octanol–water partition coefficient (Wildman–Crippen LogP) is 2.83. The number of ether oxygens (including phenoxy) is 1. The molecule has 1 aliphatic rings. The Kier molecular flexibility index (Phi) is 7.22. The summed E-state index contributed by atoms with van der Waals surface area (Å²) in [6.45, 7) is 7.37. The zero-order chi connectivity index (χ0) is 17.5. The first-order valence-electron chi connectivity index (χ1n) is 8.30. The van der Waals surface area contributed by atoms with E-state index in [2.05, 4.69) is 26.9 Å². The molecule has 1 saturated heterocycles. The third kappa shape index (κ3) is 5.30. The predicted molar refractivity (Wildman–Crippen MR) is 96.3 cm³/mol. The van der Waals surface area contributed by atoms with Crippen LogP contribution in [0.4, 0.5) is 0 Å². The fourth-order valence-corrected chi connectivity index (χ4v) is 3.06. The van der Waals surface area contributed by atoms with Gasteiger partial charge in [-0.15, -0.1) is 0 Å². The highest BCUT2D eigenvalue weighted by Crippen LogP contribution is 2.23. The molecular formula is C18H24BrN3O2. The molecule has 0 aliphatic carbocycles. The van der Waals surface area contributed by atoms with Gasteiger partial charge in [-0.1, -0.05) is 28.1 Å². The lowest BCUT2D eigenvalue weighted by Gasteiger charge is -2.34. The monoisotopic (exact) mass is 393 g/mol. The molecule has 1 amide bonds. The minimum atomic E-state index is -0.144. The first-order valence-corrected chi connectivity index (χ1v) is 9.09. The van der Waals surface area contributed by atoms with Crippen LogP contribution < -0.4 is 0 Å². The normalized spacial score (nSPS) is 19.5. The smallest absolute Gasteiger partial charge is 0.236 e. The number of morpholine rings is 1. The van der Waals surface area contributed by atoms with Gasteiger partial charge in [-0.2, -0.15) is 5.26 Å². The number of carbonyl (C=O) groups excluding carboxylic acids is 1. The van der Waals surface area contributed by atoms with E-state index in [4.69, 9.17) is 10.00 Å². The maximum absolute atomic E-state index is 12.5. The Morgan fingerprint density at radius 2 is 2.21 bits per heavy atom. The lowest BCUT2D eigenvalue weighted by Crippen LogP contribution is -2.46. The van der Waals surface area contributed by atoms with Crippen LogP contribution in [0.5, 0.6) is 0 Å². The molecule has 1 aromatic carbocycles. The molecule has 0 N–H and O–H groups in total. The van der Waals surface area contributed by atoms with Gasteiger partial charge < -0.3 is 9.64 Å². The van der Waals surface area contributed by atoms with Crippen molar-refractivity contribution >= 4 is 21.8 Å². The maximum Gasteiger partial charge on any atom is 0.236 e. The van der Waals surface area contributed by atoms with E-state index >= 15 is 0 Å². The highest BCUT2D eigenvalue weighted by Gasteiger charge is 2.25. The third-order valence-electron chi connectivity index (χ3n) is 4.20. The molecule has 130 valence electrons. The van der Waals surface area contributed by atoms with Gasteiger partial charge in [0, 0.05) is 30.7 Å². The van der Waals surface area contributed by atoms with Crippen molar-refractivity contribution < 1.29 is 9.53 Å². The lowest BCUT2D eigenvalue weighted by atomic mass is 10.1. The summed E-state index contributed by atoms with van der Waals surface area (Å²) in [6.07, 6.45) is -0.00670. The Bertz CT molecular complexity index is 585. The Morgan fingerprint density at radius 3 is 2.83 bits per heavy atom. The van der Waals surface area contributed by atoms with Crippen LogP contribution in [0, 0.1) is 17.2 Å². The van der Waals surface area contributed by atoms with Gasteiger partial charge in [0.1, 0.15) is 0 Å². The molecule has 1 heterocycles. The molecule has 1 aliphatic heterocycles. The second-order valence-electron chi connectivity index (χ2n) is 6.11. The molecule has 0 aromatic heterocycles. The van der Waals surface area contributed by atoms with Crippen LogP contribution >= 0.6 is 15.9 Å². The van der Waals surface area contributed by atoms with E-state index in [9.17, 15) is 4.79 Å². The molecule has 0 spiro atoms. The van der Waals surface area contributed by atoms with Gasteiger partial charge in [0.25, 0.3) is 0 Å². The van der Waals surface area contributed by atoms with Gasteiger partial charge in [-0.05, 0) is 31.5 Å². The second-order valence-corrected chi connectivity index (χ2v) is 7.02. The molecule has 1 aromatic rings. The number of halogens is 1. The lowest BCUT2D eigenvalue weighted by molar-refractivity contribution is -0.134. The van der Waals surface area contributed by atoms with Gasteiger partial charge in [0.05, 0.1) is 31.2 Å². The molecule has 2 unspecified atom stereocenters. The van der Waals surface area contributed by atoms with E-state index in [-0.39, 0.29) is 17.9 Å². The minimum absolute atomic E-state index is 0.00670. The van der Waals surface area contributed by atoms with Gasteiger partial charge in [0.2, 0.25) is 5.91 Å². The largest absolute Gasteiger partial charge is 0.371 e. The number of hydrogen-bond donors (Lipinski definition) is 0. The van der Waals surface area contributed by atoms with Crippen LogP contribution in [-0.2, 0) is 9.53 Å². The van der Waals surface area contributed by atoms with E-state index in [1.54, 1.807) is 4.90 Å². The van der Waals surface area contributed by atoms with Gasteiger partial charge >= 0.3 is 0 Å². The number of nitrogens with zero attached hydrogens (tertiary/aromatic N) is 3. The van der Waals surface area contributed by atoms with Crippen molar-refractivity contribution in [3.05, 3.63) is 34.3 Å². The van der Waals surface area contributed by atoms with E-state index in [1.807, 2.05) is 38.1 Å². The fraction of sp³-hybridized carbons (Fsp3) is 0.556. The molecule has 1 fully saturated rings. The molecule has 2 atom stereocenters. The van der Waals surface area contributed by atoms with Crippen LogP contribution in [0.3, 0.4) is 0 Å². The van der Waals surface area contributed by atoms with E-state index in [1.165, 1.54) is 0 Å². The molecular weight excluding hydrogens is 370 g/mol. The maximum atomic E-state index is 12.5. The highest BCUT2D eigenvalue weighted by molar-refractivity contribution is 9.10. The van der Waals surface area contributed by atoms with Crippen LogP contribution in [-0.4, -0.2) is 55.0 Å². The Labute approximate surface area is 152 Å². The minimum Gasteiger partial charge on any atom is -0.371 e. The van der Waals surface area contributed by atoms with Crippen molar-refractivity contribution in [2.45, 2.75) is 20.0 Å². The zero-order valence-corrected chi connectivity index (χ0v) is 15.8. The van der Waals surface area contributed by atoms with Crippen molar-refractivity contribution in [3.8, 4) is 6.07 Å².